The van der Waals surface area contributed by atoms with Crippen molar-refractivity contribution in [2.24, 2.45) is 4.99 Å². The minimum absolute atomic E-state index is 0. The molecule has 0 saturated heterocycles. The minimum atomic E-state index is -4.55. The number of nitrogens with zero attached hydrogens (tertiary/aromatic N) is 11. The molecule has 0 spiro atoms. The van der Waals surface area contributed by atoms with E-state index in [2.05, 4.69) is 61.2 Å². The van der Waals surface area contributed by atoms with Crippen molar-refractivity contribution in [1.82, 2.24) is 49.0 Å². The number of nitrogens with two attached hydrogens (primary N) is 3. The number of allylic oxidation sites excluding steroid dienone is 1. The second-order valence-electron chi connectivity index (χ2n) is 21.3. The van der Waals surface area contributed by atoms with Crippen LogP contribution in [0.5, 0.6) is 0 Å². The van der Waals surface area contributed by atoms with Gasteiger partial charge in [0.25, 0.3) is 0 Å². The first-order valence-corrected chi connectivity index (χ1v) is 26.6. The zero-order chi connectivity index (χ0) is 65.1. The van der Waals surface area contributed by atoms with Crippen LogP contribution < -0.4 is 22.5 Å². The highest BCUT2D eigenvalue weighted by Gasteiger charge is 2.34. The monoisotopic (exact) mass is 1250 g/mol. The number of hydrogen-bond donors (Lipinski definition) is 4. The molecule has 0 fully saturated rings. The van der Waals surface area contributed by atoms with Gasteiger partial charge in [-0.15, -0.1) is 0 Å². The van der Waals surface area contributed by atoms with E-state index in [1.165, 1.54) is 23.0 Å². The first-order valence-electron chi connectivity index (χ1n) is 26.6. The quantitative estimate of drug-likeness (QED) is 0.0629. The molecular formula is C63H61F10N15O2. The number of halogens is 10. The zero-order valence-electron chi connectivity index (χ0n) is 48.3. The number of hydrogen-bond acceptors (Lipinski definition) is 14. The van der Waals surface area contributed by atoms with Gasteiger partial charge in [0.1, 0.15) is 11.6 Å². The van der Waals surface area contributed by atoms with Gasteiger partial charge < -0.3 is 27.1 Å². The third kappa shape index (κ3) is 18.0. The molecule has 0 atom stereocenters. The van der Waals surface area contributed by atoms with E-state index >= 15 is 0 Å². The van der Waals surface area contributed by atoms with E-state index in [-0.39, 0.29) is 36.7 Å². The predicted molar refractivity (Wildman–Crippen MR) is 327 cm³/mol. The van der Waals surface area contributed by atoms with Gasteiger partial charge in [0, 0.05) is 89.1 Å². The van der Waals surface area contributed by atoms with Gasteiger partial charge in [-0.1, -0.05) is 25.6 Å². The van der Waals surface area contributed by atoms with Crippen LogP contribution in [0.4, 0.5) is 67.2 Å². The highest BCUT2D eigenvalue weighted by molar-refractivity contribution is 5.87. The van der Waals surface area contributed by atoms with Gasteiger partial charge in [0.2, 0.25) is 11.9 Å². The Morgan fingerprint density at radius 3 is 1.50 bits per heavy atom. The van der Waals surface area contributed by atoms with Gasteiger partial charge in [-0.2, -0.15) is 49.7 Å². The average Bonchev–Trinajstić information content (AvgIpc) is 1.66. The molecule has 1 aliphatic heterocycles. The largest absolute Gasteiger partial charge is 0.416 e. The number of nitrogen functional groups attached to an aromatic ring is 3. The summed E-state index contributed by atoms with van der Waals surface area (Å²) in [7, 11) is 0. The minimum Gasteiger partial charge on any atom is -0.397 e. The Hall–Kier alpha value is -10.6. The topological polar surface area (TPSA) is 242 Å². The maximum absolute atomic E-state index is 13.7. The number of aldehydes is 2. The Balaban J connectivity index is 0.000000199. The van der Waals surface area contributed by atoms with Crippen LogP contribution in [-0.2, 0) is 24.1 Å². The summed E-state index contributed by atoms with van der Waals surface area (Å²) in [6, 6.07) is 23.1. The molecule has 17 nitrogen and oxygen atoms in total. The van der Waals surface area contributed by atoms with E-state index in [1.807, 2.05) is 73.9 Å². The van der Waals surface area contributed by atoms with Crippen molar-refractivity contribution in [2.75, 3.05) is 29.1 Å². The van der Waals surface area contributed by atoms with Crippen LogP contribution in [0.15, 0.2) is 170 Å². The van der Waals surface area contributed by atoms with Gasteiger partial charge in [-0.25, -0.2) is 38.7 Å². The Bertz CT molecular complexity index is 4080. The Morgan fingerprint density at radius 1 is 0.567 bits per heavy atom. The van der Waals surface area contributed by atoms with Crippen molar-refractivity contribution in [3.05, 3.63) is 198 Å². The number of carbonyl (C=O) groups excluding carboxylic acids is 2. The SMILES string of the molecule is C.C1=CCN=C1.CC(C)(C)Nc1ccc(-c2cnc(N)nc2)cc1N.CC(C)(C)n1c(-c2cc(C(F)(F)F)ccc2-n2cccn2)nc2cc(-c3cnc(N)nc3)ccc21.O=Cc1cc(C(F)(F)F)ccc1-n1cccn1.O=Cc1cc(C(F)(F)F)ccc1F. The Labute approximate surface area is 510 Å². The van der Waals surface area contributed by atoms with Gasteiger partial charge in [0.15, 0.2) is 12.6 Å². The predicted octanol–water partition coefficient (Wildman–Crippen LogP) is 14.8. The van der Waals surface area contributed by atoms with Crippen LogP contribution >= 0.6 is 0 Å². The number of anilines is 4. The van der Waals surface area contributed by atoms with Crippen molar-refractivity contribution >= 4 is 53.1 Å². The number of carbonyl (C=O) groups is 2. The van der Waals surface area contributed by atoms with Crippen molar-refractivity contribution < 1.29 is 53.5 Å². The smallest absolute Gasteiger partial charge is 0.397 e. The highest BCUT2D eigenvalue weighted by atomic mass is 19.4. The summed E-state index contributed by atoms with van der Waals surface area (Å²) in [6.07, 6.45) is 5.59. The summed E-state index contributed by atoms with van der Waals surface area (Å²) in [4.78, 5) is 45.6. The van der Waals surface area contributed by atoms with E-state index in [4.69, 9.17) is 22.2 Å². The number of nitrogens with one attached hydrogen (secondary N) is 1. The summed E-state index contributed by atoms with van der Waals surface area (Å²) in [6.45, 7) is 13.1. The molecule has 7 N–H and O–H groups in total. The molecule has 0 amide bonds. The number of imidazole rings is 1. The first kappa shape index (κ1) is 68.5. The van der Waals surface area contributed by atoms with E-state index in [9.17, 15) is 53.5 Å². The molecule has 0 unspecified atom stereocenters. The number of aromatic nitrogens is 10. The van der Waals surface area contributed by atoms with E-state index < -0.39 is 52.1 Å². The van der Waals surface area contributed by atoms with Crippen LogP contribution in [-0.4, -0.2) is 79.9 Å². The molecule has 1 aliphatic rings. The lowest BCUT2D eigenvalue weighted by Gasteiger charge is -2.26. The lowest BCUT2D eigenvalue weighted by molar-refractivity contribution is -0.138. The number of aliphatic imine (C=N–C) groups is 1. The van der Waals surface area contributed by atoms with E-state index in [1.54, 1.807) is 66.4 Å². The molecule has 0 saturated carbocycles. The van der Waals surface area contributed by atoms with Crippen molar-refractivity contribution in [2.45, 2.75) is 78.6 Å². The zero-order valence-corrected chi connectivity index (χ0v) is 48.3. The van der Waals surface area contributed by atoms with E-state index in [0.29, 0.717) is 58.5 Å². The second kappa shape index (κ2) is 28.5. The molecule has 0 aliphatic carbocycles. The molecule has 6 heterocycles. The summed E-state index contributed by atoms with van der Waals surface area (Å²) in [5, 5.41) is 11.5. The Kier molecular flexibility index (Phi) is 21.7. The molecule has 0 radical (unpaired) electrons. The number of alkyl halides is 9. The molecule has 90 heavy (non-hydrogen) atoms. The number of benzene rings is 5. The van der Waals surface area contributed by atoms with Crippen LogP contribution in [0, 0.1) is 5.82 Å². The third-order valence-electron chi connectivity index (χ3n) is 12.4. The average molecular weight is 1250 g/mol. The molecule has 11 rings (SSSR count). The van der Waals surface area contributed by atoms with Gasteiger partial charge in [-0.05, 0) is 150 Å². The molecule has 27 heteroatoms. The highest BCUT2D eigenvalue weighted by Crippen LogP contribution is 2.40. The van der Waals surface area contributed by atoms with Crippen LogP contribution in [0.2, 0.25) is 0 Å². The van der Waals surface area contributed by atoms with Crippen molar-refractivity contribution in [3.8, 4) is 45.0 Å². The fraction of sp³-hybridized carbons (Fsp3) is 0.206. The fourth-order valence-electron chi connectivity index (χ4n) is 8.42. The summed E-state index contributed by atoms with van der Waals surface area (Å²) in [5.41, 5.74) is 21.0. The fourth-order valence-corrected chi connectivity index (χ4v) is 8.42. The molecular weight excluding hydrogens is 1190 g/mol. The van der Waals surface area contributed by atoms with Crippen molar-refractivity contribution in [3.63, 3.8) is 0 Å². The standard InChI is InChI=1S/C25H22F3N7.C14H19N5.C11H7F3N2O.C8H4F4O.C4H5N.CH4/c1-24(2,3)35-21-7-5-15(16-13-30-23(29)31-14-16)11-19(21)33-22(35)18-12-17(25(26,27)28)6-8-20(18)34-10-4-9-32-34;1-14(2,3)19-12-5-4-9(6-11(12)15)10-7-17-13(16)18-8-10;12-11(13,14)9-2-3-10(8(6-9)7-17)16-5-1-4-15-16;9-7-2-1-6(8(10,11)12)3-5(7)4-13;1-2-4-5-3-1;/h4-14H,1-3H3,(H2,29,30,31);4-8,19H,15H2,1-3H3,(H2,16,17,18);1-7H;1-4H;1-3H,4H2;1H4. The van der Waals surface area contributed by atoms with Gasteiger partial charge >= 0.3 is 18.5 Å². The van der Waals surface area contributed by atoms with Gasteiger partial charge in [-0.3, -0.25) is 14.6 Å². The normalized spacial score (nSPS) is 12.0. The molecule has 5 aromatic carbocycles. The second-order valence-corrected chi connectivity index (χ2v) is 21.3. The molecule has 470 valence electrons. The summed E-state index contributed by atoms with van der Waals surface area (Å²) >= 11 is 0. The lowest BCUT2D eigenvalue weighted by atomic mass is 10.0. The van der Waals surface area contributed by atoms with Crippen LogP contribution in [0.3, 0.4) is 0 Å². The summed E-state index contributed by atoms with van der Waals surface area (Å²) in [5.74, 6) is -0.106. The third-order valence-corrected chi connectivity index (χ3v) is 12.4. The molecule has 5 aromatic heterocycles. The lowest BCUT2D eigenvalue weighted by Crippen LogP contribution is -2.26. The maximum atomic E-state index is 13.7. The first-order chi connectivity index (χ1) is 41.8. The summed E-state index contributed by atoms with van der Waals surface area (Å²) < 4.78 is 132. The van der Waals surface area contributed by atoms with Gasteiger partial charge in [0.05, 0.1) is 62.6 Å². The number of rotatable bonds is 8. The molecule has 0 bridgehead atoms. The molecule has 10 aromatic rings. The van der Waals surface area contributed by atoms with E-state index in [0.717, 1.165) is 64.3 Å². The van der Waals surface area contributed by atoms with Crippen LogP contribution in [0.1, 0.15) is 86.4 Å². The van der Waals surface area contributed by atoms with Crippen molar-refractivity contribution in [1.29, 1.82) is 0 Å². The maximum Gasteiger partial charge on any atom is 0.416 e. The van der Waals surface area contributed by atoms with Crippen LogP contribution in [0.25, 0.3) is 56.0 Å². The number of fused-ring (bicyclic) bond motifs is 1. The Morgan fingerprint density at radius 2 is 1.06 bits per heavy atom.